The lowest BCUT2D eigenvalue weighted by atomic mass is 10.0. The van der Waals surface area contributed by atoms with E-state index in [9.17, 15) is 13.2 Å². The Morgan fingerprint density at radius 3 is 2.83 bits per heavy atom. The third-order valence-corrected chi connectivity index (χ3v) is 4.93. The minimum Gasteiger partial charge on any atom is -0.338 e. The Balaban J connectivity index is 2.00. The first kappa shape index (κ1) is 16.0. The Morgan fingerprint density at radius 2 is 2.12 bits per heavy atom. The molecule has 7 heteroatoms. The van der Waals surface area contributed by atoms with E-state index in [-0.39, 0.29) is 17.4 Å². The van der Waals surface area contributed by atoms with E-state index < -0.39 is 9.84 Å². The first-order valence-electron chi connectivity index (χ1n) is 7.26. The van der Waals surface area contributed by atoms with E-state index in [1.165, 1.54) is 6.08 Å². The van der Waals surface area contributed by atoms with Crippen molar-refractivity contribution in [1.29, 1.82) is 5.26 Å². The molecule has 6 nitrogen and oxygen atoms in total. The van der Waals surface area contributed by atoms with Crippen LogP contribution in [0.15, 0.2) is 58.8 Å². The van der Waals surface area contributed by atoms with Gasteiger partial charge in [0.2, 0.25) is 5.91 Å². The van der Waals surface area contributed by atoms with E-state index in [1.54, 1.807) is 29.2 Å². The van der Waals surface area contributed by atoms with Crippen LogP contribution in [-0.4, -0.2) is 27.1 Å². The first-order chi connectivity index (χ1) is 11.4. The first-order valence-corrected chi connectivity index (χ1v) is 9.15. The molecule has 0 unspecified atom stereocenters. The molecule has 1 aliphatic carbocycles. The second-order valence-corrected chi connectivity index (χ2v) is 7.65. The summed E-state index contributed by atoms with van der Waals surface area (Å²) in [4.78, 5) is 14.1. The average Bonchev–Trinajstić information content (AvgIpc) is 2.71. The number of allylic oxidation sites excluding steroid dienone is 3. The third-order valence-electron chi connectivity index (χ3n) is 3.79. The highest BCUT2D eigenvalue weighted by Crippen LogP contribution is 2.28. The fourth-order valence-electron chi connectivity index (χ4n) is 2.61. The lowest BCUT2D eigenvalue weighted by Crippen LogP contribution is -2.31. The number of amides is 1. The third kappa shape index (κ3) is 3.24. The van der Waals surface area contributed by atoms with Gasteiger partial charge in [0.1, 0.15) is 6.54 Å². The van der Waals surface area contributed by atoms with Gasteiger partial charge in [-0.1, -0.05) is 12.1 Å². The number of hydrogen-bond acceptors (Lipinski definition) is 5. The average molecular weight is 341 g/mol. The van der Waals surface area contributed by atoms with Crippen molar-refractivity contribution in [2.75, 3.05) is 17.7 Å². The van der Waals surface area contributed by atoms with Gasteiger partial charge in [-0.05, 0) is 36.3 Å². The maximum atomic E-state index is 12.2. The van der Waals surface area contributed by atoms with Crippen molar-refractivity contribution >= 4 is 21.4 Å². The van der Waals surface area contributed by atoms with Crippen molar-refractivity contribution in [2.45, 2.75) is 6.42 Å². The van der Waals surface area contributed by atoms with Crippen LogP contribution in [0.3, 0.4) is 0 Å². The maximum absolute atomic E-state index is 12.2. The zero-order valence-corrected chi connectivity index (χ0v) is 13.8. The van der Waals surface area contributed by atoms with E-state index in [2.05, 4.69) is 11.4 Å². The van der Waals surface area contributed by atoms with Crippen molar-refractivity contribution < 1.29 is 13.2 Å². The summed E-state index contributed by atoms with van der Waals surface area (Å²) in [5, 5.41) is 11.8. The normalized spacial score (nSPS) is 17.6. The predicted octanol–water partition coefficient (Wildman–Crippen LogP) is 1.59. The van der Waals surface area contributed by atoms with E-state index in [1.807, 2.05) is 12.3 Å². The number of nitriles is 1. The van der Waals surface area contributed by atoms with E-state index >= 15 is 0 Å². The Morgan fingerprint density at radius 1 is 1.33 bits per heavy atom. The van der Waals surface area contributed by atoms with Crippen LogP contribution >= 0.6 is 0 Å². The van der Waals surface area contributed by atoms with E-state index in [0.717, 1.165) is 17.5 Å². The fraction of sp³-hybridized carbons (Fsp3) is 0.176. The van der Waals surface area contributed by atoms with Crippen LogP contribution in [0.4, 0.5) is 5.69 Å². The number of benzene rings is 1. The van der Waals surface area contributed by atoms with Crippen LogP contribution in [0, 0.1) is 11.3 Å². The van der Waals surface area contributed by atoms with Gasteiger partial charge in [0, 0.05) is 23.8 Å². The molecule has 1 aromatic rings. The van der Waals surface area contributed by atoms with Crippen molar-refractivity contribution in [2.24, 2.45) is 0 Å². The molecule has 122 valence electrons. The molecule has 1 N–H and O–H groups in total. The van der Waals surface area contributed by atoms with Gasteiger partial charge in [-0.25, -0.2) is 8.42 Å². The summed E-state index contributed by atoms with van der Waals surface area (Å²) in [6, 6.07) is 9.06. The van der Waals surface area contributed by atoms with Crippen molar-refractivity contribution in [3.05, 3.63) is 64.4 Å². The second kappa shape index (κ2) is 5.98. The number of fused-ring (bicyclic) bond motifs is 1. The fourth-order valence-corrected chi connectivity index (χ4v) is 3.33. The number of sulfone groups is 1. The zero-order chi connectivity index (χ0) is 17.3. The number of nitrogens with one attached hydrogen (secondary N) is 1. The Hall–Kier alpha value is -2.85. The van der Waals surface area contributed by atoms with Gasteiger partial charge in [0.25, 0.3) is 0 Å². The summed E-state index contributed by atoms with van der Waals surface area (Å²) in [5.74, 6) is -0.246. The van der Waals surface area contributed by atoms with Gasteiger partial charge in [-0.2, -0.15) is 5.26 Å². The van der Waals surface area contributed by atoms with Gasteiger partial charge < -0.3 is 10.2 Å². The van der Waals surface area contributed by atoms with Gasteiger partial charge in [-0.15, -0.1) is 0 Å². The molecule has 0 radical (unpaired) electrons. The summed E-state index contributed by atoms with van der Waals surface area (Å²) >= 11 is 0. The quantitative estimate of drug-likeness (QED) is 0.882. The van der Waals surface area contributed by atoms with Gasteiger partial charge in [-0.3, -0.25) is 4.79 Å². The Bertz CT molecular complexity index is 950. The lowest BCUT2D eigenvalue weighted by Gasteiger charge is -2.19. The molecule has 0 saturated carbocycles. The summed E-state index contributed by atoms with van der Waals surface area (Å²) in [6.45, 7) is 0.0872. The van der Waals surface area contributed by atoms with Crippen molar-refractivity contribution in [1.82, 2.24) is 5.32 Å². The minimum absolute atomic E-state index is 0.0872. The molecule has 0 atom stereocenters. The Kier molecular flexibility index (Phi) is 3.99. The molecule has 0 fully saturated rings. The molecular weight excluding hydrogens is 326 g/mol. The molecular formula is C17H15N3O3S. The van der Waals surface area contributed by atoms with Gasteiger partial charge in [0.15, 0.2) is 9.84 Å². The molecule has 24 heavy (non-hydrogen) atoms. The van der Waals surface area contributed by atoms with Crippen LogP contribution < -0.4 is 10.2 Å². The molecule has 0 saturated heterocycles. The summed E-state index contributed by atoms with van der Waals surface area (Å²) in [6.07, 6.45) is 6.48. The Labute approximate surface area is 140 Å². The number of anilines is 1. The van der Waals surface area contributed by atoms with Crippen LogP contribution in [0.2, 0.25) is 0 Å². The molecule has 1 heterocycles. The van der Waals surface area contributed by atoms with E-state index in [0.29, 0.717) is 17.7 Å². The SMILES string of the molecule is CS(=O)(=O)C1=CCC2=CN(c3cccc(C#N)c3)CC(=O)NC2=C1. The summed E-state index contributed by atoms with van der Waals surface area (Å²) < 4.78 is 23.4. The zero-order valence-electron chi connectivity index (χ0n) is 13.0. The number of hydrogen-bond donors (Lipinski definition) is 1. The predicted molar refractivity (Wildman–Crippen MR) is 90.4 cm³/mol. The number of carbonyl (C=O) groups is 1. The van der Waals surface area contributed by atoms with Crippen LogP contribution in [-0.2, 0) is 14.6 Å². The maximum Gasteiger partial charge on any atom is 0.244 e. The topological polar surface area (TPSA) is 90.3 Å². The molecule has 1 aliphatic heterocycles. The second-order valence-electron chi connectivity index (χ2n) is 5.63. The molecule has 2 aliphatic rings. The molecule has 1 amide bonds. The summed E-state index contributed by atoms with van der Waals surface area (Å²) in [7, 11) is -3.32. The van der Waals surface area contributed by atoms with Crippen LogP contribution in [0.5, 0.6) is 0 Å². The highest BCUT2D eigenvalue weighted by Gasteiger charge is 2.23. The van der Waals surface area contributed by atoms with Gasteiger partial charge in [0.05, 0.1) is 16.5 Å². The molecule has 3 rings (SSSR count). The molecule has 0 aromatic heterocycles. The number of rotatable bonds is 2. The van der Waals surface area contributed by atoms with Crippen LogP contribution in [0.1, 0.15) is 12.0 Å². The minimum atomic E-state index is -3.32. The standard InChI is InChI=1S/C17H15N3O3S/c1-24(22,23)15-6-5-13-10-20(11-17(21)19-16(13)8-15)14-4-2-3-12(7-14)9-18/h2-4,6-8,10H,5,11H2,1H3,(H,19,21). The highest BCUT2D eigenvalue weighted by molar-refractivity contribution is 7.94. The van der Waals surface area contributed by atoms with Gasteiger partial charge >= 0.3 is 0 Å². The van der Waals surface area contributed by atoms with E-state index in [4.69, 9.17) is 5.26 Å². The molecule has 0 spiro atoms. The lowest BCUT2D eigenvalue weighted by molar-refractivity contribution is -0.118. The molecule has 0 bridgehead atoms. The number of carbonyl (C=O) groups excluding carboxylic acids is 1. The monoisotopic (exact) mass is 341 g/mol. The van der Waals surface area contributed by atoms with Crippen LogP contribution in [0.25, 0.3) is 0 Å². The number of nitrogens with zero attached hydrogens (tertiary/aromatic N) is 2. The summed E-state index contributed by atoms with van der Waals surface area (Å²) in [5.41, 5.74) is 2.56. The van der Waals surface area contributed by atoms with Crippen molar-refractivity contribution in [3.63, 3.8) is 0 Å². The molecule has 1 aromatic carbocycles. The van der Waals surface area contributed by atoms with Crippen molar-refractivity contribution in [3.8, 4) is 6.07 Å². The largest absolute Gasteiger partial charge is 0.338 e. The highest BCUT2D eigenvalue weighted by atomic mass is 32.2. The smallest absolute Gasteiger partial charge is 0.244 e.